The first-order chi connectivity index (χ1) is 21.0. The molecule has 0 spiro atoms. The second kappa shape index (κ2) is 24.3. The Morgan fingerprint density at radius 2 is 1.49 bits per heavy atom. The lowest BCUT2D eigenvalue weighted by atomic mass is 10.2. The number of rotatable bonds is 17. The van der Waals surface area contributed by atoms with E-state index in [9.17, 15) is 42.6 Å². The third-order valence-corrected chi connectivity index (χ3v) is 5.78. The number of esters is 3. The number of sulfonamides is 1. The molecule has 254 valence electrons. The van der Waals surface area contributed by atoms with Gasteiger partial charge in [0.05, 0.1) is 16.5 Å². The van der Waals surface area contributed by atoms with Gasteiger partial charge >= 0.3 is 17.9 Å². The normalized spacial score (nSPS) is 12.4. The van der Waals surface area contributed by atoms with Gasteiger partial charge in [-0.25, -0.2) is 23.1 Å². The van der Waals surface area contributed by atoms with E-state index < -0.39 is 46.2 Å². The molecule has 7 N–H and O–H groups in total. The molecule has 0 saturated carbocycles. The smallest absolute Gasteiger partial charge is 0.338 e. The number of carbonyl (C=O) groups excluding carboxylic acids is 6. The third kappa shape index (κ3) is 23.0. The maximum Gasteiger partial charge on any atom is 0.338 e. The first-order valence-electron chi connectivity index (χ1n) is 13.2. The molecule has 1 aromatic rings. The van der Waals surface area contributed by atoms with Gasteiger partial charge < -0.3 is 35.0 Å². The largest absolute Gasteiger partial charge is 0.463 e. The van der Waals surface area contributed by atoms with E-state index in [2.05, 4.69) is 6.58 Å². The number of benzene rings is 1. The minimum absolute atomic E-state index is 0.0445. The molecule has 18 heteroatoms. The van der Waals surface area contributed by atoms with Crippen molar-refractivity contribution in [1.29, 1.82) is 0 Å². The van der Waals surface area contributed by atoms with Crippen molar-refractivity contribution in [2.75, 3.05) is 39.5 Å². The minimum Gasteiger partial charge on any atom is -0.463 e. The standard InChI is InChI=1S/C22H33N3O10S.C3H5NO2.C2H4O/c1-3-20(28)33-13-17(26)10-25(11-18(27)14-34-21(29)4-2)9-16(23)12-35-22(30)15-5-7-19(8-6-15)36(24,31)32;1-3(6)4-2-5;1-2-3/h3,5-8,16-18,26-27H,1,4,9-14,23H2,2H3,(H2,24,31,32);2H,1H3,(H,4,5,6);2H,1H3. The number of primary sulfonamides is 1. The van der Waals surface area contributed by atoms with Gasteiger partial charge in [0.1, 0.15) is 38.3 Å². The Bertz CT molecular complexity index is 1190. The van der Waals surface area contributed by atoms with Crippen molar-refractivity contribution in [3.05, 3.63) is 42.5 Å². The van der Waals surface area contributed by atoms with E-state index in [-0.39, 0.29) is 62.2 Å². The number of hydrogen-bond donors (Lipinski definition) is 5. The van der Waals surface area contributed by atoms with Gasteiger partial charge in [-0.2, -0.15) is 0 Å². The van der Waals surface area contributed by atoms with Gasteiger partial charge in [0.2, 0.25) is 22.3 Å². The molecule has 0 aromatic heterocycles. The molecule has 3 unspecified atom stereocenters. The minimum atomic E-state index is -3.90. The molecule has 2 amide bonds. The van der Waals surface area contributed by atoms with Crippen LogP contribution in [-0.4, -0.2) is 118 Å². The highest BCUT2D eigenvalue weighted by molar-refractivity contribution is 7.89. The van der Waals surface area contributed by atoms with E-state index in [1.807, 2.05) is 5.32 Å². The number of imide groups is 1. The van der Waals surface area contributed by atoms with Crippen LogP contribution in [0.4, 0.5) is 0 Å². The van der Waals surface area contributed by atoms with Crippen LogP contribution in [0.2, 0.25) is 0 Å². The van der Waals surface area contributed by atoms with Crippen molar-refractivity contribution < 1.29 is 61.6 Å². The van der Waals surface area contributed by atoms with Crippen LogP contribution in [0.1, 0.15) is 37.6 Å². The quantitative estimate of drug-likeness (QED) is 0.0523. The summed E-state index contributed by atoms with van der Waals surface area (Å²) in [4.78, 5) is 63.9. The van der Waals surface area contributed by atoms with E-state index >= 15 is 0 Å². The lowest BCUT2D eigenvalue weighted by molar-refractivity contribution is -0.146. The zero-order valence-corrected chi connectivity index (χ0v) is 26.1. The summed E-state index contributed by atoms with van der Waals surface area (Å²) in [5.41, 5.74) is 6.14. The number of aliphatic hydroxyl groups is 2. The maximum atomic E-state index is 12.2. The van der Waals surface area contributed by atoms with Crippen LogP contribution in [0.3, 0.4) is 0 Å². The molecule has 0 fully saturated rings. The van der Waals surface area contributed by atoms with Crippen molar-refractivity contribution in [2.24, 2.45) is 10.9 Å². The van der Waals surface area contributed by atoms with Crippen LogP contribution in [-0.2, 0) is 48.2 Å². The fourth-order valence-electron chi connectivity index (χ4n) is 2.97. The monoisotopic (exact) mass is 662 g/mol. The topological polar surface area (TPSA) is 272 Å². The fraction of sp³-hybridized carbons (Fsp3) is 0.481. The number of nitrogens with two attached hydrogens (primary N) is 2. The Balaban J connectivity index is 0. The van der Waals surface area contributed by atoms with Crippen molar-refractivity contribution in [3.63, 3.8) is 0 Å². The van der Waals surface area contributed by atoms with E-state index in [1.165, 1.54) is 43.0 Å². The Hall–Kier alpha value is -4.07. The molecular weight excluding hydrogens is 620 g/mol. The molecule has 0 aliphatic rings. The third-order valence-electron chi connectivity index (χ3n) is 4.85. The lowest BCUT2D eigenvalue weighted by Gasteiger charge is -2.29. The Morgan fingerprint density at radius 1 is 0.978 bits per heavy atom. The summed E-state index contributed by atoms with van der Waals surface area (Å²) in [6, 6.07) is 4.07. The highest BCUT2D eigenvalue weighted by Gasteiger charge is 2.21. The molecule has 0 bridgehead atoms. The van der Waals surface area contributed by atoms with Crippen LogP contribution >= 0.6 is 0 Å². The summed E-state index contributed by atoms with van der Waals surface area (Å²) in [7, 11) is -3.90. The van der Waals surface area contributed by atoms with E-state index in [0.29, 0.717) is 6.41 Å². The number of aldehydes is 1. The first kappa shape index (κ1) is 43.1. The number of nitrogens with one attached hydrogen (secondary N) is 1. The second-order valence-corrected chi connectivity index (χ2v) is 10.4. The van der Waals surface area contributed by atoms with E-state index in [0.717, 1.165) is 12.4 Å². The lowest BCUT2D eigenvalue weighted by Crippen LogP contribution is -2.48. The number of hydrogen-bond acceptors (Lipinski definition) is 15. The highest BCUT2D eigenvalue weighted by atomic mass is 32.2. The van der Waals surface area contributed by atoms with E-state index in [1.54, 1.807) is 6.92 Å². The molecule has 0 radical (unpaired) electrons. The molecule has 1 rings (SSSR count). The zero-order valence-electron chi connectivity index (χ0n) is 25.3. The van der Waals surface area contributed by atoms with Gasteiger partial charge in [0.25, 0.3) is 0 Å². The molecule has 17 nitrogen and oxygen atoms in total. The average Bonchev–Trinajstić information content (AvgIpc) is 2.97. The second-order valence-electron chi connectivity index (χ2n) is 8.88. The Kier molecular flexibility index (Phi) is 23.2. The van der Waals surface area contributed by atoms with Crippen molar-refractivity contribution >= 4 is 46.5 Å². The molecule has 0 saturated heterocycles. The predicted molar refractivity (Wildman–Crippen MR) is 159 cm³/mol. The molecule has 1 aromatic carbocycles. The zero-order chi connectivity index (χ0) is 35.0. The molecule has 0 aliphatic heterocycles. The maximum absolute atomic E-state index is 12.2. The molecule has 0 aliphatic carbocycles. The van der Waals surface area contributed by atoms with Gasteiger partial charge in [-0.1, -0.05) is 13.5 Å². The highest BCUT2D eigenvalue weighted by Crippen LogP contribution is 2.10. The van der Waals surface area contributed by atoms with Crippen LogP contribution in [0.15, 0.2) is 41.8 Å². The van der Waals surface area contributed by atoms with Crippen molar-refractivity contribution in [2.45, 2.75) is 50.3 Å². The van der Waals surface area contributed by atoms with Gasteiger partial charge in [-0.15, -0.1) is 0 Å². The van der Waals surface area contributed by atoms with Gasteiger partial charge in [0.15, 0.2) is 0 Å². The molecule has 0 heterocycles. The molecule has 45 heavy (non-hydrogen) atoms. The van der Waals surface area contributed by atoms with Gasteiger partial charge in [-0.3, -0.25) is 24.6 Å². The number of carbonyl (C=O) groups is 6. The summed E-state index contributed by atoms with van der Waals surface area (Å²) in [5, 5.41) is 27.3. The SMILES string of the molecule is C=CC(=O)OCC(O)CN(CC(N)COC(=O)c1ccc(S(N)(=O)=O)cc1)CC(O)COC(=O)CC.CC(=O)NC=O.CC=O. The molecular formula is C27H42N4O13S. The van der Waals surface area contributed by atoms with Gasteiger partial charge in [0, 0.05) is 39.1 Å². The van der Waals surface area contributed by atoms with Crippen LogP contribution in [0.5, 0.6) is 0 Å². The van der Waals surface area contributed by atoms with E-state index in [4.69, 9.17) is 29.9 Å². The number of ether oxygens (including phenoxy) is 3. The van der Waals surface area contributed by atoms with Crippen LogP contribution in [0.25, 0.3) is 0 Å². The summed E-state index contributed by atoms with van der Waals surface area (Å²) in [5.74, 6) is -2.28. The summed E-state index contributed by atoms with van der Waals surface area (Å²) < 4.78 is 37.5. The van der Waals surface area contributed by atoms with Crippen LogP contribution in [0, 0.1) is 0 Å². The Morgan fingerprint density at radius 3 is 1.89 bits per heavy atom. The van der Waals surface area contributed by atoms with Gasteiger partial charge in [-0.05, 0) is 31.2 Å². The predicted octanol–water partition coefficient (Wildman–Crippen LogP) is -1.99. The average molecular weight is 663 g/mol. The molecule has 3 atom stereocenters. The summed E-state index contributed by atoms with van der Waals surface area (Å²) in [6.45, 7) is 6.66. The summed E-state index contributed by atoms with van der Waals surface area (Å²) in [6.07, 6.45) is -0.0436. The van der Waals surface area contributed by atoms with Crippen molar-refractivity contribution in [1.82, 2.24) is 10.2 Å². The number of nitrogens with zero attached hydrogens (tertiary/aromatic N) is 1. The Labute approximate surface area is 261 Å². The number of aliphatic hydroxyl groups excluding tert-OH is 2. The summed E-state index contributed by atoms with van der Waals surface area (Å²) >= 11 is 0. The first-order valence-corrected chi connectivity index (χ1v) is 14.8. The van der Waals surface area contributed by atoms with Crippen LogP contribution < -0.4 is 16.2 Å². The number of amides is 2. The van der Waals surface area contributed by atoms with Crippen molar-refractivity contribution in [3.8, 4) is 0 Å². The fourth-order valence-corrected chi connectivity index (χ4v) is 3.48.